The molecule has 23 heavy (non-hydrogen) atoms. The highest BCUT2D eigenvalue weighted by atomic mass is 79.9. The van der Waals surface area contributed by atoms with E-state index in [1.807, 2.05) is 27.7 Å². The highest BCUT2D eigenvalue weighted by Gasteiger charge is 2.31. The molecule has 1 aromatic rings. The molecular formula is C17H23BrN2O3. The fraction of sp³-hybridized carbons (Fsp3) is 0.529. The third-order valence-corrected chi connectivity index (χ3v) is 4.54. The lowest BCUT2D eigenvalue weighted by atomic mass is 9.94. The fourth-order valence-corrected chi connectivity index (χ4v) is 3.23. The van der Waals surface area contributed by atoms with Crippen LogP contribution in [-0.4, -0.2) is 52.9 Å². The number of carbonyl (C=O) groups excluding carboxylic acids is 2. The minimum Gasteiger partial charge on any atom is -0.506 e. The molecule has 0 bridgehead atoms. The monoisotopic (exact) mass is 382 g/mol. The summed E-state index contributed by atoms with van der Waals surface area (Å²) in [5.74, 6) is -0.130. The second kappa shape index (κ2) is 6.51. The highest BCUT2D eigenvalue weighted by Crippen LogP contribution is 2.30. The number of nitrogens with zero attached hydrogens (tertiary/aromatic N) is 2. The summed E-state index contributed by atoms with van der Waals surface area (Å²) in [6.07, 6.45) is 0. The van der Waals surface area contributed by atoms with Crippen molar-refractivity contribution in [3.63, 3.8) is 0 Å². The largest absolute Gasteiger partial charge is 0.506 e. The molecule has 0 unspecified atom stereocenters. The van der Waals surface area contributed by atoms with Gasteiger partial charge in [0.05, 0.1) is 10.0 Å². The Hall–Kier alpha value is -1.56. The lowest BCUT2D eigenvalue weighted by Crippen LogP contribution is -2.53. The van der Waals surface area contributed by atoms with Gasteiger partial charge < -0.3 is 14.9 Å². The first-order valence-electron chi connectivity index (χ1n) is 7.69. The first-order chi connectivity index (χ1) is 10.6. The first kappa shape index (κ1) is 17.8. The number of rotatable bonds is 1. The van der Waals surface area contributed by atoms with Gasteiger partial charge >= 0.3 is 0 Å². The van der Waals surface area contributed by atoms with Crippen molar-refractivity contribution in [2.75, 3.05) is 26.2 Å². The molecule has 0 radical (unpaired) electrons. The number of phenols is 1. The number of halogens is 1. The van der Waals surface area contributed by atoms with Crippen LogP contribution in [0, 0.1) is 12.3 Å². The maximum Gasteiger partial charge on any atom is 0.257 e. The molecule has 0 aromatic heterocycles. The number of hydrogen-bond acceptors (Lipinski definition) is 3. The lowest BCUT2D eigenvalue weighted by molar-refractivity contribution is -0.140. The standard InChI is InChI=1S/C17H23BrN2O3/c1-11-9-12(14(21)13(18)10-11)15(22)19-5-7-20(8-6-19)16(23)17(2,3)4/h9-10,21H,5-8H2,1-4H3. The van der Waals surface area contributed by atoms with Crippen molar-refractivity contribution in [2.24, 2.45) is 5.41 Å². The van der Waals surface area contributed by atoms with Crippen LogP contribution in [0.4, 0.5) is 0 Å². The topological polar surface area (TPSA) is 60.9 Å². The van der Waals surface area contributed by atoms with Crippen LogP contribution in [0.3, 0.4) is 0 Å². The van der Waals surface area contributed by atoms with E-state index in [1.54, 1.807) is 21.9 Å². The van der Waals surface area contributed by atoms with E-state index in [0.29, 0.717) is 36.2 Å². The number of hydrogen-bond donors (Lipinski definition) is 1. The summed E-state index contributed by atoms with van der Waals surface area (Å²) in [7, 11) is 0. The Bertz CT molecular complexity index is 629. The van der Waals surface area contributed by atoms with Crippen molar-refractivity contribution in [1.82, 2.24) is 9.80 Å². The molecule has 2 amide bonds. The van der Waals surface area contributed by atoms with Gasteiger partial charge in [0, 0.05) is 31.6 Å². The number of piperazine rings is 1. The lowest BCUT2D eigenvalue weighted by Gasteiger charge is -2.37. The van der Waals surface area contributed by atoms with Crippen LogP contribution in [0.2, 0.25) is 0 Å². The van der Waals surface area contributed by atoms with Gasteiger partial charge in [-0.05, 0) is 40.5 Å². The van der Waals surface area contributed by atoms with Crippen LogP contribution in [0.5, 0.6) is 5.75 Å². The number of amides is 2. The predicted octanol–water partition coefficient (Wildman–Crippen LogP) is 2.79. The van der Waals surface area contributed by atoms with Crippen LogP contribution >= 0.6 is 15.9 Å². The average Bonchev–Trinajstić information content (AvgIpc) is 2.48. The molecule has 2 rings (SSSR count). The van der Waals surface area contributed by atoms with Crippen molar-refractivity contribution in [3.05, 3.63) is 27.7 Å². The second-order valence-corrected chi connectivity index (χ2v) is 7.83. The summed E-state index contributed by atoms with van der Waals surface area (Å²) in [5.41, 5.74) is 0.790. The molecule has 5 nitrogen and oxygen atoms in total. The van der Waals surface area contributed by atoms with E-state index < -0.39 is 5.41 Å². The summed E-state index contributed by atoms with van der Waals surface area (Å²) < 4.78 is 0.516. The van der Waals surface area contributed by atoms with E-state index >= 15 is 0 Å². The van der Waals surface area contributed by atoms with Crippen LogP contribution in [-0.2, 0) is 4.79 Å². The molecule has 1 N–H and O–H groups in total. The van der Waals surface area contributed by atoms with Crippen molar-refractivity contribution in [2.45, 2.75) is 27.7 Å². The molecule has 126 valence electrons. The van der Waals surface area contributed by atoms with Crippen molar-refractivity contribution < 1.29 is 14.7 Å². The molecule has 0 saturated carbocycles. The van der Waals surface area contributed by atoms with Crippen LogP contribution in [0.25, 0.3) is 0 Å². The van der Waals surface area contributed by atoms with Gasteiger partial charge in [-0.2, -0.15) is 0 Å². The minimum absolute atomic E-state index is 0.0335. The van der Waals surface area contributed by atoms with Gasteiger partial charge in [-0.1, -0.05) is 20.8 Å². The highest BCUT2D eigenvalue weighted by molar-refractivity contribution is 9.10. The van der Waals surface area contributed by atoms with E-state index in [1.165, 1.54) is 0 Å². The Morgan fingerprint density at radius 2 is 1.61 bits per heavy atom. The predicted molar refractivity (Wildman–Crippen MR) is 92.5 cm³/mol. The summed E-state index contributed by atoms with van der Waals surface area (Å²) in [5, 5.41) is 10.1. The first-order valence-corrected chi connectivity index (χ1v) is 8.48. The van der Waals surface area contributed by atoms with Crippen molar-refractivity contribution in [3.8, 4) is 5.75 Å². The van der Waals surface area contributed by atoms with Crippen LogP contribution in [0.1, 0.15) is 36.7 Å². The number of aromatic hydroxyl groups is 1. The molecule has 1 aromatic carbocycles. The number of benzene rings is 1. The number of carbonyl (C=O) groups is 2. The summed E-state index contributed by atoms with van der Waals surface area (Å²) in [6.45, 7) is 9.57. The zero-order valence-electron chi connectivity index (χ0n) is 14.0. The molecule has 1 saturated heterocycles. The smallest absolute Gasteiger partial charge is 0.257 e. The van der Waals surface area contributed by atoms with Gasteiger partial charge in [0.2, 0.25) is 5.91 Å². The van der Waals surface area contributed by atoms with Gasteiger partial charge in [-0.25, -0.2) is 0 Å². The third-order valence-electron chi connectivity index (χ3n) is 3.93. The normalized spacial score (nSPS) is 15.7. The van der Waals surface area contributed by atoms with E-state index in [-0.39, 0.29) is 17.6 Å². The van der Waals surface area contributed by atoms with Crippen LogP contribution < -0.4 is 0 Å². The van der Waals surface area contributed by atoms with Crippen molar-refractivity contribution >= 4 is 27.7 Å². The molecule has 1 heterocycles. The molecule has 6 heteroatoms. The molecule has 1 fully saturated rings. The molecule has 0 atom stereocenters. The van der Waals surface area contributed by atoms with Gasteiger partial charge in [0.15, 0.2) is 0 Å². The van der Waals surface area contributed by atoms with E-state index in [9.17, 15) is 14.7 Å². The van der Waals surface area contributed by atoms with Gasteiger partial charge in [-0.3, -0.25) is 9.59 Å². The van der Waals surface area contributed by atoms with E-state index in [4.69, 9.17) is 0 Å². The SMILES string of the molecule is Cc1cc(Br)c(O)c(C(=O)N2CCN(C(=O)C(C)(C)C)CC2)c1. The van der Waals surface area contributed by atoms with Gasteiger partial charge in [0.1, 0.15) is 5.75 Å². The third kappa shape index (κ3) is 3.86. The molecular weight excluding hydrogens is 360 g/mol. The molecule has 0 aliphatic carbocycles. The average molecular weight is 383 g/mol. The summed E-state index contributed by atoms with van der Waals surface area (Å²) >= 11 is 3.27. The van der Waals surface area contributed by atoms with Gasteiger partial charge in [-0.15, -0.1) is 0 Å². The maximum atomic E-state index is 12.6. The molecule has 0 spiro atoms. The Kier molecular flexibility index (Phi) is 5.04. The Labute approximate surface area is 145 Å². The van der Waals surface area contributed by atoms with Gasteiger partial charge in [0.25, 0.3) is 5.91 Å². The van der Waals surface area contributed by atoms with Crippen LogP contribution in [0.15, 0.2) is 16.6 Å². The Balaban J connectivity index is 2.09. The van der Waals surface area contributed by atoms with E-state index in [0.717, 1.165) is 5.56 Å². The number of aryl methyl sites for hydroxylation is 1. The minimum atomic E-state index is -0.411. The summed E-state index contributed by atoms with van der Waals surface area (Å²) in [4.78, 5) is 28.4. The second-order valence-electron chi connectivity index (χ2n) is 6.98. The summed E-state index contributed by atoms with van der Waals surface area (Å²) in [6, 6.07) is 3.46. The Morgan fingerprint density at radius 3 is 2.13 bits per heavy atom. The maximum absolute atomic E-state index is 12.6. The molecule has 1 aliphatic rings. The fourth-order valence-electron chi connectivity index (χ4n) is 2.65. The quantitative estimate of drug-likeness (QED) is 0.811. The Morgan fingerprint density at radius 1 is 1.09 bits per heavy atom. The zero-order valence-corrected chi connectivity index (χ0v) is 15.6. The number of phenolic OH excluding ortho intramolecular Hbond substituents is 1. The zero-order chi connectivity index (χ0) is 17.4. The van der Waals surface area contributed by atoms with E-state index in [2.05, 4.69) is 15.9 Å². The molecule has 1 aliphatic heterocycles. The van der Waals surface area contributed by atoms with Crippen molar-refractivity contribution in [1.29, 1.82) is 0 Å².